The van der Waals surface area contributed by atoms with E-state index >= 15 is 0 Å². The van der Waals surface area contributed by atoms with Crippen molar-refractivity contribution in [1.82, 2.24) is 0 Å². The van der Waals surface area contributed by atoms with Gasteiger partial charge in [0.2, 0.25) is 0 Å². The largest absolute Gasteiger partial charge is 0.478 e. The molecule has 0 heterocycles. The zero-order valence-corrected chi connectivity index (χ0v) is 11.5. The highest BCUT2D eigenvalue weighted by Gasteiger charge is 2.21. The summed E-state index contributed by atoms with van der Waals surface area (Å²) in [6, 6.07) is 6.20. The minimum absolute atomic E-state index is 0.00310. The van der Waals surface area contributed by atoms with Crippen molar-refractivity contribution >= 4 is 11.9 Å². The Labute approximate surface area is 118 Å². The van der Waals surface area contributed by atoms with Crippen molar-refractivity contribution in [3.63, 3.8) is 0 Å². The predicted octanol–water partition coefficient (Wildman–Crippen LogP) is 3.65. The summed E-state index contributed by atoms with van der Waals surface area (Å²) >= 11 is 0. The fourth-order valence-electron chi connectivity index (χ4n) is 2.60. The maximum absolute atomic E-state index is 12.2. The van der Waals surface area contributed by atoms with E-state index in [0.29, 0.717) is 0 Å². The molecule has 0 unspecified atom stereocenters. The van der Waals surface area contributed by atoms with Gasteiger partial charge in [-0.2, -0.15) is 0 Å². The number of aromatic carboxylic acids is 1. The van der Waals surface area contributed by atoms with E-state index in [1.807, 2.05) is 0 Å². The molecule has 1 aliphatic rings. The van der Waals surface area contributed by atoms with E-state index in [-0.39, 0.29) is 17.2 Å². The lowest BCUT2D eigenvalue weighted by atomic mass is 9.98. The van der Waals surface area contributed by atoms with Crippen LogP contribution in [0.25, 0.3) is 0 Å². The van der Waals surface area contributed by atoms with E-state index in [0.717, 1.165) is 25.7 Å². The van der Waals surface area contributed by atoms with Crippen LogP contribution in [0, 0.1) is 0 Å². The summed E-state index contributed by atoms with van der Waals surface area (Å²) in [5, 5.41) is 9.09. The lowest BCUT2D eigenvalue weighted by Crippen LogP contribution is -2.21. The van der Waals surface area contributed by atoms with Crippen molar-refractivity contribution in [2.24, 2.45) is 0 Å². The number of hydrogen-bond acceptors (Lipinski definition) is 3. The third-order valence-corrected chi connectivity index (χ3v) is 3.70. The molecule has 1 aliphatic carbocycles. The molecular weight excluding hydrogens is 256 g/mol. The molecule has 0 radical (unpaired) electrons. The number of esters is 1. The van der Waals surface area contributed by atoms with Crippen molar-refractivity contribution in [1.29, 1.82) is 0 Å². The van der Waals surface area contributed by atoms with Crippen molar-refractivity contribution < 1.29 is 19.4 Å². The molecule has 0 saturated heterocycles. The number of carbonyl (C=O) groups is 2. The number of rotatable bonds is 3. The maximum atomic E-state index is 12.2. The molecule has 1 N–H and O–H groups in total. The second-order valence-corrected chi connectivity index (χ2v) is 5.22. The SMILES string of the molecule is O=C(O)c1ccccc1C(=O)OC1CCCCCCC1. The first-order valence-electron chi connectivity index (χ1n) is 7.22. The average molecular weight is 276 g/mol. The molecule has 0 aliphatic heterocycles. The van der Waals surface area contributed by atoms with Crippen molar-refractivity contribution in [2.45, 2.75) is 51.0 Å². The standard InChI is InChI=1S/C16H20O4/c17-15(18)13-10-6-7-11-14(13)16(19)20-12-8-4-2-1-3-5-9-12/h6-7,10-12H,1-5,8-9H2,(H,17,18). The lowest BCUT2D eigenvalue weighted by molar-refractivity contribution is 0.0234. The second-order valence-electron chi connectivity index (χ2n) is 5.22. The number of carboxylic acid groups (broad SMARTS) is 1. The van der Waals surface area contributed by atoms with E-state index in [1.54, 1.807) is 12.1 Å². The van der Waals surface area contributed by atoms with E-state index in [4.69, 9.17) is 9.84 Å². The third kappa shape index (κ3) is 3.83. The van der Waals surface area contributed by atoms with Gasteiger partial charge in [0.15, 0.2) is 0 Å². The molecule has 1 aromatic carbocycles. The summed E-state index contributed by atoms with van der Waals surface area (Å²) in [5.74, 6) is -1.62. The highest BCUT2D eigenvalue weighted by atomic mass is 16.5. The molecular formula is C16H20O4. The predicted molar refractivity (Wildman–Crippen MR) is 74.9 cm³/mol. The number of carbonyl (C=O) groups excluding carboxylic acids is 1. The number of hydrogen-bond donors (Lipinski definition) is 1. The first-order valence-corrected chi connectivity index (χ1v) is 7.22. The molecule has 4 nitrogen and oxygen atoms in total. The minimum Gasteiger partial charge on any atom is -0.478 e. The molecule has 1 fully saturated rings. The van der Waals surface area contributed by atoms with E-state index in [1.165, 1.54) is 31.4 Å². The fraction of sp³-hybridized carbons (Fsp3) is 0.500. The molecule has 0 bridgehead atoms. The van der Waals surface area contributed by atoms with Crippen LogP contribution in [-0.2, 0) is 4.74 Å². The second kappa shape index (κ2) is 7.08. The van der Waals surface area contributed by atoms with Gasteiger partial charge in [-0.15, -0.1) is 0 Å². The third-order valence-electron chi connectivity index (χ3n) is 3.70. The highest BCUT2D eigenvalue weighted by molar-refractivity contribution is 6.02. The van der Waals surface area contributed by atoms with Crippen LogP contribution in [0.5, 0.6) is 0 Å². The highest BCUT2D eigenvalue weighted by Crippen LogP contribution is 2.21. The summed E-state index contributed by atoms with van der Waals surface area (Å²) in [7, 11) is 0. The first kappa shape index (κ1) is 14.6. The van der Waals surface area contributed by atoms with Crippen LogP contribution in [0.15, 0.2) is 24.3 Å². The number of benzene rings is 1. The Morgan fingerprint density at radius 1 is 0.950 bits per heavy atom. The average Bonchev–Trinajstić information content (AvgIpc) is 2.41. The van der Waals surface area contributed by atoms with Gasteiger partial charge in [0.05, 0.1) is 11.1 Å². The van der Waals surface area contributed by atoms with Gasteiger partial charge in [-0.3, -0.25) is 0 Å². The molecule has 1 aromatic rings. The molecule has 20 heavy (non-hydrogen) atoms. The molecule has 1 saturated carbocycles. The summed E-state index contributed by atoms with van der Waals surface area (Å²) in [4.78, 5) is 23.3. The zero-order valence-electron chi connectivity index (χ0n) is 11.5. The minimum atomic E-state index is -1.10. The van der Waals surface area contributed by atoms with Gasteiger partial charge in [-0.05, 0) is 37.8 Å². The Kier molecular flexibility index (Phi) is 5.16. The summed E-state index contributed by atoms with van der Waals surface area (Å²) in [5.41, 5.74) is 0.144. The molecule has 2 rings (SSSR count). The maximum Gasteiger partial charge on any atom is 0.339 e. The van der Waals surface area contributed by atoms with Gasteiger partial charge in [0.1, 0.15) is 6.10 Å². The lowest BCUT2D eigenvalue weighted by Gasteiger charge is -2.20. The Hall–Kier alpha value is -1.84. The van der Waals surface area contributed by atoms with E-state index < -0.39 is 11.9 Å². The Morgan fingerprint density at radius 3 is 2.10 bits per heavy atom. The molecule has 108 valence electrons. The van der Waals surface area contributed by atoms with E-state index in [9.17, 15) is 9.59 Å². The molecule has 4 heteroatoms. The summed E-state index contributed by atoms with van der Waals surface area (Å²) in [6.07, 6.45) is 7.42. The van der Waals surface area contributed by atoms with Crippen LogP contribution in [0.4, 0.5) is 0 Å². The van der Waals surface area contributed by atoms with Gasteiger partial charge >= 0.3 is 11.9 Å². The van der Waals surface area contributed by atoms with Crippen LogP contribution >= 0.6 is 0 Å². The van der Waals surface area contributed by atoms with Crippen LogP contribution in [-0.4, -0.2) is 23.1 Å². The van der Waals surface area contributed by atoms with Gasteiger partial charge in [-0.25, -0.2) is 9.59 Å². The smallest absolute Gasteiger partial charge is 0.339 e. The molecule has 0 atom stereocenters. The molecule has 0 amide bonds. The topological polar surface area (TPSA) is 63.6 Å². The van der Waals surface area contributed by atoms with Crippen LogP contribution in [0.2, 0.25) is 0 Å². The Morgan fingerprint density at radius 2 is 1.50 bits per heavy atom. The normalized spacial score (nSPS) is 17.0. The molecule has 0 spiro atoms. The molecule has 0 aromatic heterocycles. The quantitative estimate of drug-likeness (QED) is 0.856. The fourth-order valence-corrected chi connectivity index (χ4v) is 2.60. The number of carboxylic acids is 1. The monoisotopic (exact) mass is 276 g/mol. The van der Waals surface area contributed by atoms with Gasteiger partial charge in [-0.1, -0.05) is 31.4 Å². The van der Waals surface area contributed by atoms with E-state index in [2.05, 4.69) is 0 Å². The van der Waals surface area contributed by atoms with Crippen molar-refractivity contribution in [3.8, 4) is 0 Å². The number of ether oxygens (including phenoxy) is 1. The van der Waals surface area contributed by atoms with Gasteiger partial charge < -0.3 is 9.84 Å². The van der Waals surface area contributed by atoms with Gasteiger partial charge in [0, 0.05) is 0 Å². The van der Waals surface area contributed by atoms with Crippen molar-refractivity contribution in [2.75, 3.05) is 0 Å². The summed E-state index contributed by atoms with van der Waals surface area (Å²) < 4.78 is 5.50. The van der Waals surface area contributed by atoms with Crippen LogP contribution in [0.3, 0.4) is 0 Å². The summed E-state index contributed by atoms with van der Waals surface area (Å²) in [6.45, 7) is 0. The van der Waals surface area contributed by atoms with Crippen molar-refractivity contribution in [3.05, 3.63) is 35.4 Å². The zero-order chi connectivity index (χ0) is 14.4. The Balaban J connectivity index is 2.05. The van der Waals surface area contributed by atoms with Crippen LogP contribution in [0.1, 0.15) is 65.7 Å². The van der Waals surface area contributed by atoms with Gasteiger partial charge in [0.25, 0.3) is 0 Å². The van der Waals surface area contributed by atoms with Crippen LogP contribution < -0.4 is 0 Å². The Bertz CT molecular complexity index is 473. The first-order chi connectivity index (χ1) is 9.68.